The second kappa shape index (κ2) is 11.3. The van der Waals surface area contributed by atoms with E-state index < -0.39 is 10.0 Å². The smallest absolute Gasteiger partial charge is 0.261 e. The predicted molar refractivity (Wildman–Crippen MR) is 134 cm³/mol. The molecule has 3 atom stereocenters. The first-order valence-corrected chi connectivity index (χ1v) is 13.0. The molecule has 1 heterocycles. The van der Waals surface area contributed by atoms with Crippen molar-refractivity contribution in [1.29, 1.82) is 0 Å². The Morgan fingerprint density at radius 3 is 2.51 bits per heavy atom. The molecule has 1 aliphatic rings. The highest BCUT2D eigenvalue weighted by molar-refractivity contribution is 7.92. The van der Waals surface area contributed by atoms with Gasteiger partial charge in [0.1, 0.15) is 17.6 Å². The zero-order chi connectivity index (χ0) is 25.8. The molecule has 0 aliphatic carbocycles. The van der Waals surface area contributed by atoms with Crippen molar-refractivity contribution >= 4 is 21.6 Å². The highest BCUT2D eigenvalue weighted by Gasteiger charge is 2.31. The molecule has 0 aromatic heterocycles. The Morgan fingerprint density at radius 1 is 1.23 bits per heavy atom. The van der Waals surface area contributed by atoms with Gasteiger partial charge in [-0.2, -0.15) is 0 Å². The van der Waals surface area contributed by atoms with E-state index in [9.17, 15) is 18.3 Å². The van der Waals surface area contributed by atoms with Crippen LogP contribution in [0.4, 0.5) is 5.69 Å². The number of benzene rings is 2. The predicted octanol–water partition coefficient (Wildman–Crippen LogP) is 2.21. The lowest BCUT2D eigenvalue weighted by atomic mass is 10.0. The summed E-state index contributed by atoms with van der Waals surface area (Å²) in [7, 11) is 1.58. The molecule has 35 heavy (non-hydrogen) atoms. The first-order valence-electron chi connectivity index (χ1n) is 11.6. The van der Waals surface area contributed by atoms with Gasteiger partial charge in [-0.15, -0.1) is 0 Å². The van der Waals surface area contributed by atoms with Crippen molar-refractivity contribution in [3.05, 3.63) is 48.0 Å². The Balaban J connectivity index is 1.95. The molecule has 3 rings (SSSR count). The second-order valence-electron chi connectivity index (χ2n) is 9.25. The number of nitrogens with zero attached hydrogens (tertiary/aromatic N) is 2. The van der Waals surface area contributed by atoms with Crippen molar-refractivity contribution in [3.63, 3.8) is 0 Å². The normalized spacial score (nSPS) is 19.7. The zero-order valence-electron chi connectivity index (χ0n) is 20.9. The van der Waals surface area contributed by atoms with Crippen molar-refractivity contribution < 1.29 is 27.8 Å². The van der Waals surface area contributed by atoms with Gasteiger partial charge in [-0.3, -0.25) is 9.52 Å². The number of sulfonamides is 1. The molecular weight excluding hydrogens is 470 g/mol. The number of anilines is 1. The molecule has 1 aliphatic heterocycles. The average Bonchev–Trinajstić information content (AvgIpc) is 2.86. The summed E-state index contributed by atoms with van der Waals surface area (Å²) in [6.45, 7) is 4.78. The van der Waals surface area contributed by atoms with Crippen LogP contribution >= 0.6 is 0 Å². The minimum Gasteiger partial charge on any atom is -0.497 e. The fourth-order valence-electron chi connectivity index (χ4n) is 4.04. The lowest BCUT2D eigenvalue weighted by molar-refractivity contribution is -0.134. The van der Waals surface area contributed by atoms with Crippen LogP contribution in [0.5, 0.6) is 11.5 Å². The number of rotatable bonds is 8. The number of carbonyl (C=O) groups is 1. The first-order chi connectivity index (χ1) is 16.5. The molecular formula is C25H35N3O6S. The van der Waals surface area contributed by atoms with Gasteiger partial charge in [-0.1, -0.05) is 6.92 Å². The van der Waals surface area contributed by atoms with Crippen LogP contribution in [0.1, 0.15) is 19.4 Å². The van der Waals surface area contributed by atoms with Gasteiger partial charge in [-0.05, 0) is 63.5 Å². The van der Waals surface area contributed by atoms with E-state index in [1.165, 1.54) is 19.2 Å². The van der Waals surface area contributed by atoms with Crippen LogP contribution in [0.25, 0.3) is 0 Å². The molecule has 0 bridgehead atoms. The summed E-state index contributed by atoms with van der Waals surface area (Å²) in [5, 5.41) is 9.73. The Hall–Kier alpha value is -2.82. The van der Waals surface area contributed by atoms with Crippen LogP contribution < -0.4 is 14.2 Å². The van der Waals surface area contributed by atoms with Gasteiger partial charge in [0.2, 0.25) is 5.91 Å². The maximum Gasteiger partial charge on any atom is 0.261 e. The minimum atomic E-state index is -3.85. The molecule has 0 saturated heterocycles. The molecule has 0 unspecified atom stereocenters. The highest BCUT2D eigenvalue weighted by atomic mass is 32.2. The summed E-state index contributed by atoms with van der Waals surface area (Å²) in [6, 6.07) is 10.7. The third-order valence-electron chi connectivity index (χ3n) is 6.08. The number of hydrogen-bond acceptors (Lipinski definition) is 7. The number of aliphatic hydroxyl groups is 1. The van der Waals surface area contributed by atoms with Crippen LogP contribution in [-0.2, 0) is 21.2 Å². The molecule has 0 saturated carbocycles. The number of methoxy groups -OCH3 is 1. The van der Waals surface area contributed by atoms with Crippen molar-refractivity contribution in [2.24, 2.45) is 5.92 Å². The Kier molecular flexibility index (Phi) is 8.63. The number of hydrogen-bond donors (Lipinski definition) is 2. The molecule has 2 aromatic rings. The molecule has 10 heteroatoms. The van der Waals surface area contributed by atoms with E-state index in [1.807, 2.05) is 32.8 Å². The van der Waals surface area contributed by atoms with Gasteiger partial charge in [0.25, 0.3) is 10.0 Å². The number of nitrogens with one attached hydrogen (secondary N) is 1. The van der Waals surface area contributed by atoms with E-state index in [0.29, 0.717) is 35.8 Å². The van der Waals surface area contributed by atoms with Crippen LogP contribution in [0.15, 0.2) is 47.4 Å². The largest absolute Gasteiger partial charge is 0.497 e. The molecule has 192 valence electrons. The van der Waals surface area contributed by atoms with Crippen LogP contribution in [0.2, 0.25) is 0 Å². The van der Waals surface area contributed by atoms with E-state index >= 15 is 0 Å². The first kappa shape index (κ1) is 26.8. The fourth-order valence-corrected chi connectivity index (χ4v) is 5.09. The molecule has 1 amide bonds. The van der Waals surface area contributed by atoms with E-state index in [4.69, 9.17) is 9.47 Å². The lowest BCUT2D eigenvalue weighted by Crippen LogP contribution is -2.47. The van der Waals surface area contributed by atoms with Crippen molar-refractivity contribution in [2.75, 3.05) is 45.6 Å². The maximum absolute atomic E-state index is 13.2. The van der Waals surface area contributed by atoms with E-state index in [0.717, 1.165) is 0 Å². The van der Waals surface area contributed by atoms with E-state index in [1.54, 1.807) is 35.2 Å². The third-order valence-corrected chi connectivity index (χ3v) is 7.48. The second-order valence-corrected chi connectivity index (χ2v) is 10.9. The van der Waals surface area contributed by atoms with Crippen molar-refractivity contribution in [3.8, 4) is 11.5 Å². The van der Waals surface area contributed by atoms with Gasteiger partial charge in [0.05, 0.1) is 31.1 Å². The summed E-state index contributed by atoms with van der Waals surface area (Å²) in [4.78, 5) is 17.0. The molecule has 0 spiro atoms. The minimum absolute atomic E-state index is 0.00884. The third kappa shape index (κ3) is 6.65. The number of likely N-dealkylation sites (N-methyl/N-ethyl adjacent to an activating group) is 1. The fraction of sp³-hybridized carbons (Fsp3) is 0.480. The molecule has 9 nitrogen and oxygen atoms in total. The van der Waals surface area contributed by atoms with Gasteiger partial charge in [0.15, 0.2) is 0 Å². The Morgan fingerprint density at radius 2 is 1.91 bits per heavy atom. The van der Waals surface area contributed by atoms with Crippen LogP contribution in [-0.4, -0.2) is 82.3 Å². The number of carbonyl (C=O) groups excluding carboxylic acids is 1. The summed E-state index contributed by atoms with van der Waals surface area (Å²) in [5.41, 5.74) is 0.909. The van der Waals surface area contributed by atoms with Crippen LogP contribution in [0, 0.1) is 5.92 Å². The molecule has 2 aromatic carbocycles. The summed E-state index contributed by atoms with van der Waals surface area (Å²) < 4.78 is 39.9. The van der Waals surface area contributed by atoms with E-state index in [-0.39, 0.29) is 41.9 Å². The molecule has 0 fully saturated rings. The van der Waals surface area contributed by atoms with Crippen LogP contribution in [0.3, 0.4) is 0 Å². The van der Waals surface area contributed by atoms with Gasteiger partial charge >= 0.3 is 0 Å². The highest BCUT2D eigenvalue weighted by Crippen LogP contribution is 2.30. The summed E-state index contributed by atoms with van der Waals surface area (Å²) in [5.74, 6) is 0.960. The summed E-state index contributed by atoms with van der Waals surface area (Å²) in [6.07, 6.45) is -0.177. The SMILES string of the molecule is COc1ccc(S(=O)(=O)Nc2ccc3c(c2)CC(=O)N([C@H](C)CO)C[C@H](C)[C@@H](CN(C)C)O3)cc1. The van der Waals surface area contributed by atoms with Gasteiger partial charge in [-0.25, -0.2) is 8.42 Å². The van der Waals surface area contributed by atoms with E-state index in [2.05, 4.69) is 4.72 Å². The Bertz CT molecular complexity index is 1120. The number of fused-ring (bicyclic) bond motifs is 1. The van der Waals surface area contributed by atoms with Gasteiger partial charge in [0, 0.05) is 30.3 Å². The number of amides is 1. The quantitative estimate of drug-likeness (QED) is 0.566. The lowest BCUT2D eigenvalue weighted by Gasteiger charge is -2.33. The molecule has 0 radical (unpaired) electrons. The number of ether oxygens (including phenoxy) is 2. The van der Waals surface area contributed by atoms with Gasteiger partial charge < -0.3 is 24.4 Å². The van der Waals surface area contributed by atoms with Crippen molar-refractivity contribution in [1.82, 2.24) is 9.80 Å². The zero-order valence-corrected chi connectivity index (χ0v) is 21.7. The maximum atomic E-state index is 13.2. The topological polar surface area (TPSA) is 108 Å². The standard InChI is InChI=1S/C25H35N3O6S/c1-17-14-28(18(2)16-29)25(30)13-19-12-20(6-11-23(19)34-24(17)15-27(3)4)26-35(31,32)22-9-7-21(33-5)8-10-22/h6-12,17-18,24,26,29H,13-16H2,1-5H3/t17-,18+,24+/m0/s1. The monoisotopic (exact) mass is 505 g/mol. The summed E-state index contributed by atoms with van der Waals surface area (Å²) >= 11 is 0. The van der Waals surface area contributed by atoms with Crippen molar-refractivity contribution in [2.45, 2.75) is 37.3 Å². The average molecular weight is 506 g/mol. The number of aliphatic hydroxyl groups excluding tert-OH is 1. The molecule has 2 N–H and O–H groups in total. The Labute approximate surface area is 207 Å².